The molecule has 3 nitrogen and oxygen atoms in total. The fraction of sp³-hybridized carbons (Fsp3) is 0.611. The third-order valence-electron chi connectivity index (χ3n) is 4.96. The Labute approximate surface area is 143 Å². The normalized spacial score (nSPS) is 24.7. The molecule has 0 radical (unpaired) electrons. The van der Waals surface area contributed by atoms with Crippen molar-refractivity contribution in [2.75, 3.05) is 13.6 Å². The van der Waals surface area contributed by atoms with Gasteiger partial charge in [-0.1, -0.05) is 44.4 Å². The van der Waals surface area contributed by atoms with Crippen LogP contribution in [0, 0.1) is 17.7 Å². The van der Waals surface area contributed by atoms with E-state index in [1.807, 2.05) is 0 Å². The lowest BCUT2D eigenvalue weighted by atomic mass is 9.78. The summed E-state index contributed by atoms with van der Waals surface area (Å²) in [6.07, 6.45) is 3.44. The van der Waals surface area contributed by atoms with Crippen molar-refractivity contribution in [2.45, 2.75) is 45.7 Å². The summed E-state index contributed by atoms with van der Waals surface area (Å²) in [5.74, 6) is 0.799. The summed E-state index contributed by atoms with van der Waals surface area (Å²) < 4.78 is 13.8. The molecule has 0 unspecified atom stereocenters. The van der Waals surface area contributed by atoms with E-state index < -0.39 is 0 Å². The molecule has 0 spiro atoms. The minimum Gasteiger partial charge on any atom is -0.352 e. The number of nitrogens with zero attached hydrogens (tertiary/aromatic N) is 1. The van der Waals surface area contributed by atoms with Gasteiger partial charge in [0.25, 0.3) is 0 Å². The van der Waals surface area contributed by atoms with Crippen molar-refractivity contribution in [2.24, 2.45) is 11.8 Å². The molecule has 0 aromatic heterocycles. The number of hydrogen-bond acceptors (Lipinski definition) is 2. The van der Waals surface area contributed by atoms with Gasteiger partial charge in [-0.25, -0.2) is 4.39 Å². The van der Waals surface area contributed by atoms with E-state index in [-0.39, 0.29) is 24.3 Å². The third-order valence-corrected chi connectivity index (χ3v) is 5.31. The van der Waals surface area contributed by atoms with Gasteiger partial charge in [-0.15, -0.1) is 0 Å². The molecule has 0 aliphatic heterocycles. The molecule has 1 fully saturated rings. The minimum atomic E-state index is -0.334. The zero-order chi connectivity index (χ0) is 17.0. The number of hydrogen-bond donors (Lipinski definition) is 1. The molecule has 0 heterocycles. The lowest BCUT2D eigenvalue weighted by molar-refractivity contribution is -0.123. The first kappa shape index (κ1) is 18.2. The predicted octanol–water partition coefficient (Wildman–Crippen LogP) is 3.85. The molecule has 1 aliphatic carbocycles. The second kappa shape index (κ2) is 8.11. The summed E-state index contributed by atoms with van der Waals surface area (Å²) in [7, 11) is 1.80. The zero-order valence-corrected chi connectivity index (χ0v) is 14.9. The average molecular weight is 341 g/mol. The van der Waals surface area contributed by atoms with Gasteiger partial charge in [-0.05, 0) is 37.4 Å². The first-order chi connectivity index (χ1) is 10.9. The molecule has 3 atom stereocenters. The van der Waals surface area contributed by atoms with Crippen molar-refractivity contribution >= 4 is 17.5 Å². The maximum atomic E-state index is 13.8. The van der Waals surface area contributed by atoms with Gasteiger partial charge in [-0.2, -0.15) is 0 Å². The Hall–Kier alpha value is -1.13. The van der Waals surface area contributed by atoms with Crippen molar-refractivity contribution in [3.05, 3.63) is 34.6 Å². The van der Waals surface area contributed by atoms with Gasteiger partial charge >= 0.3 is 0 Å². The molecule has 1 saturated carbocycles. The highest BCUT2D eigenvalue weighted by Gasteiger charge is 2.28. The van der Waals surface area contributed by atoms with E-state index in [0.29, 0.717) is 29.0 Å². The summed E-state index contributed by atoms with van der Waals surface area (Å²) in [4.78, 5) is 14.0. The van der Waals surface area contributed by atoms with Crippen LogP contribution in [-0.2, 0) is 11.3 Å². The third kappa shape index (κ3) is 4.92. The molecule has 23 heavy (non-hydrogen) atoms. The Morgan fingerprint density at radius 3 is 2.83 bits per heavy atom. The van der Waals surface area contributed by atoms with Gasteiger partial charge in [0, 0.05) is 23.2 Å². The van der Waals surface area contributed by atoms with Gasteiger partial charge in [0.15, 0.2) is 0 Å². The number of rotatable bonds is 5. The summed E-state index contributed by atoms with van der Waals surface area (Å²) in [5, 5.41) is 3.53. The van der Waals surface area contributed by atoms with Gasteiger partial charge in [0.2, 0.25) is 5.91 Å². The highest BCUT2D eigenvalue weighted by molar-refractivity contribution is 6.31. The number of carbonyl (C=O) groups excluding carboxylic acids is 1. The molecule has 1 aromatic rings. The Morgan fingerprint density at radius 2 is 2.13 bits per heavy atom. The molecule has 128 valence electrons. The van der Waals surface area contributed by atoms with Gasteiger partial charge < -0.3 is 5.32 Å². The van der Waals surface area contributed by atoms with Crippen molar-refractivity contribution in [3.8, 4) is 0 Å². The van der Waals surface area contributed by atoms with Gasteiger partial charge in [0.1, 0.15) is 5.82 Å². The Balaban J connectivity index is 1.87. The van der Waals surface area contributed by atoms with Crippen molar-refractivity contribution in [1.29, 1.82) is 0 Å². The van der Waals surface area contributed by atoms with E-state index >= 15 is 0 Å². The molecular weight excluding hydrogens is 315 g/mol. The van der Waals surface area contributed by atoms with E-state index in [1.165, 1.54) is 12.5 Å². The summed E-state index contributed by atoms with van der Waals surface area (Å²) in [6.45, 7) is 5.00. The predicted molar refractivity (Wildman–Crippen MR) is 91.9 cm³/mol. The van der Waals surface area contributed by atoms with Gasteiger partial charge in [0.05, 0.1) is 6.54 Å². The smallest absolute Gasteiger partial charge is 0.234 e. The highest BCUT2D eigenvalue weighted by atomic mass is 35.5. The average Bonchev–Trinajstić information content (AvgIpc) is 2.48. The molecule has 1 amide bonds. The summed E-state index contributed by atoms with van der Waals surface area (Å²) in [6, 6.07) is 4.88. The van der Waals surface area contributed by atoms with Crippen molar-refractivity contribution in [1.82, 2.24) is 10.2 Å². The molecule has 0 saturated heterocycles. The lowest BCUT2D eigenvalue weighted by Crippen LogP contribution is -2.46. The van der Waals surface area contributed by atoms with E-state index in [1.54, 1.807) is 24.1 Å². The highest BCUT2D eigenvalue weighted by Crippen LogP contribution is 2.29. The van der Waals surface area contributed by atoms with Crippen LogP contribution < -0.4 is 5.32 Å². The van der Waals surface area contributed by atoms with E-state index in [9.17, 15) is 9.18 Å². The standard InChI is InChI=1S/C18H26ClFN2O/c1-12-6-4-9-17(13(12)2)21-18(23)11-22(3)10-14-15(19)7-5-8-16(14)20/h5,7-8,12-13,17H,4,6,9-11H2,1-3H3,(H,21,23)/t12-,13+,17+/m0/s1. The number of halogens is 2. The van der Waals surface area contributed by atoms with Crippen LogP contribution in [0.5, 0.6) is 0 Å². The Bertz CT molecular complexity index is 532. The Morgan fingerprint density at radius 1 is 1.39 bits per heavy atom. The zero-order valence-electron chi connectivity index (χ0n) is 14.1. The summed E-state index contributed by atoms with van der Waals surface area (Å²) in [5.41, 5.74) is 0.434. The van der Waals surface area contributed by atoms with Gasteiger partial charge in [-0.3, -0.25) is 9.69 Å². The maximum Gasteiger partial charge on any atom is 0.234 e. The first-order valence-corrected chi connectivity index (χ1v) is 8.67. The quantitative estimate of drug-likeness (QED) is 0.883. The molecular formula is C18H26ClFN2O. The number of carbonyl (C=O) groups is 1. The number of benzene rings is 1. The largest absolute Gasteiger partial charge is 0.352 e. The van der Waals surface area contributed by atoms with Crippen LogP contribution in [0.4, 0.5) is 4.39 Å². The summed E-state index contributed by atoms with van der Waals surface area (Å²) >= 11 is 6.03. The van der Waals surface area contributed by atoms with Crippen molar-refractivity contribution in [3.63, 3.8) is 0 Å². The number of amides is 1. The van der Waals surface area contributed by atoms with E-state index in [0.717, 1.165) is 12.8 Å². The molecule has 1 aromatic carbocycles. The molecule has 1 aliphatic rings. The Kier molecular flexibility index (Phi) is 6.42. The monoisotopic (exact) mass is 340 g/mol. The van der Waals surface area contributed by atoms with Crippen LogP contribution in [0.1, 0.15) is 38.7 Å². The fourth-order valence-electron chi connectivity index (χ4n) is 3.29. The van der Waals surface area contributed by atoms with Crippen LogP contribution >= 0.6 is 11.6 Å². The van der Waals surface area contributed by atoms with Crippen LogP contribution in [0.2, 0.25) is 5.02 Å². The topological polar surface area (TPSA) is 32.3 Å². The maximum absolute atomic E-state index is 13.8. The fourth-order valence-corrected chi connectivity index (χ4v) is 3.52. The lowest BCUT2D eigenvalue weighted by Gasteiger charge is -2.35. The number of likely N-dealkylation sites (N-methyl/N-ethyl adjacent to an activating group) is 1. The van der Waals surface area contributed by atoms with Crippen LogP contribution in [0.15, 0.2) is 18.2 Å². The first-order valence-electron chi connectivity index (χ1n) is 8.29. The molecule has 5 heteroatoms. The second-order valence-electron chi connectivity index (χ2n) is 6.81. The van der Waals surface area contributed by atoms with E-state index in [4.69, 9.17) is 11.6 Å². The van der Waals surface area contributed by atoms with Crippen molar-refractivity contribution < 1.29 is 9.18 Å². The minimum absolute atomic E-state index is 0.00842. The molecule has 0 bridgehead atoms. The van der Waals surface area contributed by atoms with Crippen LogP contribution in [0.3, 0.4) is 0 Å². The van der Waals surface area contributed by atoms with E-state index in [2.05, 4.69) is 19.2 Å². The second-order valence-corrected chi connectivity index (χ2v) is 7.22. The molecule has 2 rings (SSSR count). The van der Waals surface area contributed by atoms with Crippen LogP contribution in [-0.4, -0.2) is 30.4 Å². The molecule has 1 N–H and O–H groups in total. The SMILES string of the molecule is C[C@@H]1[C@@H](C)CCC[C@H]1NC(=O)CN(C)Cc1c(F)cccc1Cl. The number of nitrogens with one attached hydrogen (secondary N) is 1. The van der Waals surface area contributed by atoms with Crippen LogP contribution in [0.25, 0.3) is 0 Å².